The van der Waals surface area contributed by atoms with Crippen LogP contribution in [0, 0.1) is 0 Å². The molecule has 0 aromatic rings. The smallest absolute Gasteiger partial charge is 0.341 e. The molecule has 1 amide bonds. The molecule has 0 rings (SSSR count). The average molecular weight is 235 g/mol. The maximum Gasteiger partial charge on any atom is 0.341 e. The molecule has 7 heteroatoms. The summed E-state index contributed by atoms with van der Waals surface area (Å²) < 4.78 is 15.6. The molecule has 1 unspecified atom stereocenters. The molecule has 15 heavy (non-hydrogen) atoms. The van der Waals surface area contributed by atoms with E-state index in [1.165, 1.54) is 14.0 Å². The van der Waals surface area contributed by atoms with Crippen LogP contribution in [0.2, 0.25) is 0 Å². The van der Waals surface area contributed by atoms with Gasteiger partial charge in [0.1, 0.15) is 0 Å². The number of amides is 1. The third-order valence-electron chi connectivity index (χ3n) is 1.78. The molecule has 0 aliphatic carbocycles. The topological polar surface area (TPSA) is 92.7 Å². The number of carboxylic acid groups (broad SMARTS) is 1. The zero-order chi connectivity index (χ0) is 11.9. The molecule has 0 aromatic carbocycles. The lowest BCUT2D eigenvalue weighted by molar-refractivity contribution is -0.143. The predicted molar refractivity (Wildman–Crippen MR) is 52.9 cm³/mol. The Morgan fingerprint density at radius 2 is 2.13 bits per heavy atom. The molecule has 0 aromatic heterocycles. The Kier molecular flexibility index (Phi) is 6.05. The summed E-state index contributed by atoms with van der Waals surface area (Å²) in [5, 5.41) is 9.36. The molecule has 6 nitrogen and oxygen atoms in total. The Hall–Kier alpha value is -1.00. The third-order valence-corrected chi connectivity index (χ3v) is 2.62. The Bertz CT molecular complexity index is 257. The fourth-order valence-corrected chi connectivity index (χ4v) is 1.62. The van der Waals surface area contributed by atoms with Gasteiger partial charge in [0.25, 0.3) is 0 Å². The second-order valence-electron chi connectivity index (χ2n) is 3.03. The highest BCUT2D eigenvalue weighted by Gasteiger charge is 2.40. The fourth-order valence-electron chi connectivity index (χ4n) is 1.09. The summed E-state index contributed by atoms with van der Waals surface area (Å²) >= 11 is 0. The van der Waals surface area contributed by atoms with E-state index in [-0.39, 0.29) is 6.42 Å². The van der Waals surface area contributed by atoms with Crippen molar-refractivity contribution in [3.63, 3.8) is 0 Å². The normalized spacial score (nSPS) is 14.5. The van der Waals surface area contributed by atoms with Gasteiger partial charge >= 0.3 is 5.97 Å². The van der Waals surface area contributed by atoms with Crippen LogP contribution < -0.4 is 5.32 Å². The van der Waals surface area contributed by atoms with E-state index < -0.39 is 25.6 Å². The minimum atomic E-state index is -1.73. The lowest BCUT2D eigenvalue weighted by Gasteiger charge is -2.22. The summed E-state index contributed by atoms with van der Waals surface area (Å²) in [6.07, 6.45) is 0.457. The summed E-state index contributed by atoms with van der Waals surface area (Å²) in [7, 11) is 0.849. The van der Waals surface area contributed by atoms with Gasteiger partial charge in [-0.15, -0.1) is 0 Å². The number of ether oxygens (including phenoxy) is 1. The zero-order valence-electron chi connectivity index (χ0n) is 8.65. The van der Waals surface area contributed by atoms with Crippen molar-refractivity contribution >= 4 is 20.3 Å². The second kappa shape index (κ2) is 6.48. The molecule has 0 spiro atoms. The predicted octanol–water partition coefficient (Wildman–Crippen LogP) is 0.622. The van der Waals surface area contributed by atoms with Gasteiger partial charge in [0, 0.05) is 20.6 Å². The van der Waals surface area contributed by atoms with Crippen LogP contribution in [0.15, 0.2) is 0 Å². The molecule has 86 valence electrons. The van der Waals surface area contributed by atoms with Crippen molar-refractivity contribution in [2.45, 2.75) is 25.0 Å². The van der Waals surface area contributed by atoms with Crippen LogP contribution in [0.25, 0.3) is 0 Å². The lowest BCUT2D eigenvalue weighted by atomic mass is 10.1. The van der Waals surface area contributed by atoms with Crippen molar-refractivity contribution in [1.29, 1.82) is 0 Å². The van der Waals surface area contributed by atoms with E-state index in [0.29, 0.717) is 13.0 Å². The quantitative estimate of drug-likeness (QED) is 0.498. The van der Waals surface area contributed by atoms with Crippen molar-refractivity contribution in [1.82, 2.24) is 5.32 Å². The van der Waals surface area contributed by atoms with Crippen molar-refractivity contribution in [3.8, 4) is 0 Å². The van der Waals surface area contributed by atoms with Gasteiger partial charge < -0.3 is 15.2 Å². The maximum absolute atomic E-state index is 10.9. The van der Waals surface area contributed by atoms with Crippen LogP contribution >= 0.6 is 8.46 Å². The third kappa shape index (κ3) is 4.36. The SMILES string of the molecule is COCCCC(NC(C)=O)(P=O)C(=O)O. The van der Waals surface area contributed by atoms with Crippen molar-refractivity contribution in [2.75, 3.05) is 13.7 Å². The van der Waals surface area contributed by atoms with Crippen LogP contribution in [0.3, 0.4) is 0 Å². The first-order valence-corrected chi connectivity index (χ1v) is 5.15. The molecule has 0 heterocycles. The van der Waals surface area contributed by atoms with Gasteiger partial charge in [0.05, 0.1) is 0 Å². The van der Waals surface area contributed by atoms with E-state index in [2.05, 4.69) is 5.32 Å². The Morgan fingerprint density at radius 1 is 1.53 bits per heavy atom. The van der Waals surface area contributed by atoms with E-state index in [0.717, 1.165) is 0 Å². The summed E-state index contributed by atoms with van der Waals surface area (Å²) in [6, 6.07) is 0. The molecule has 0 saturated carbocycles. The second-order valence-corrected chi connectivity index (χ2v) is 3.98. The molecular formula is C8H14NO5P. The van der Waals surface area contributed by atoms with E-state index in [4.69, 9.17) is 9.84 Å². The number of hydrogen-bond donors (Lipinski definition) is 2. The molecule has 0 radical (unpaired) electrons. The van der Waals surface area contributed by atoms with Crippen LogP contribution in [0.4, 0.5) is 0 Å². The Morgan fingerprint density at radius 3 is 2.47 bits per heavy atom. The molecule has 2 N–H and O–H groups in total. The lowest BCUT2D eigenvalue weighted by Crippen LogP contribution is -2.49. The van der Waals surface area contributed by atoms with Crippen LogP contribution in [0.1, 0.15) is 19.8 Å². The standard InChI is InChI=1S/C8H14NO5P/c1-6(10)9-8(15-13,7(11)12)4-3-5-14-2/h3-5H2,1-2H3,(H,9,10)(H,11,12). The van der Waals surface area contributed by atoms with E-state index in [1.807, 2.05) is 0 Å². The Balaban J connectivity index is 4.58. The first-order valence-electron chi connectivity index (χ1n) is 4.34. The number of methoxy groups -OCH3 is 1. The van der Waals surface area contributed by atoms with Gasteiger partial charge in [0.2, 0.25) is 11.2 Å². The molecule has 1 atom stereocenters. The zero-order valence-corrected chi connectivity index (χ0v) is 9.54. The molecule has 0 aliphatic rings. The summed E-state index contributed by atoms with van der Waals surface area (Å²) in [6.45, 7) is 1.53. The Labute approximate surface area is 89.2 Å². The molecule has 0 aliphatic heterocycles. The maximum atomic E-state index is 10.9. The van der Waals surface area contributed by atoms with Gasteiger partial charge in [-0.05, 0) is 12.8 Å². The average Bonchev–Trinajstić information content (AvgIpc) is 2.15. The number of carboxylic acids is 1. The molecular weight excluding hydrogens is 221 g/mol. The van der Waals surface area contributed by atoms with E-state index in [9.17, 15) is 14.2 Å². The number of rotatable bonds is 7. The van der Waals surface area contributed by atoms with Gasteiger partial charge in [-0.3, -0.25) is 9.36 Å². The monoisotopic (exact) mass is 235 g/mol. The minimum Gasteiger partial charge on any atom is -0.479 e. The highest BCUT2D eigenvalue weighted by atomic mass is 31.1. The number of aliphatic carboxylic acids is 1. The first-order chi connectivity index (χ1) is 6.98. The molecule has 0 fully saturated rings. The number of nitrogens with one attached hydrogen (secondary N) is 1. The highest BCUT2D eigenvalue weighted by molar-refractivity contribution is 7.27. The first kappa shape index (κ1) is 14.0. The largest absolute Gasteiger partial charge is 0.479 e. The minimum absolute atomic E-state index is 0.0564. The number of carbonyl (C=O) groups excluding carboxylic acids is 1. The van der Waals surface area contributed by atoms with E-state index >= 15 is 0 Å². The van der Waals surface area contributed by atoms with E-state index in [1.54, 1.807) is 0 Å². The van der Waals surface area contributed by atoms with Crippen molar-refractivity contribution in [3.05, 3.63) is 0 Å². The molecule has 0 saturated heterocycles. The summed E-state index contributed by atoms with van der Waals surface area (Å²) in [4.78, 5) is 21.7. The molecule has 0 bridgehead atoms. The van der Waals surface area contributed by atoms with Crippen LogP contribution in [-0.4, -0.2) is 36.0 Å². The van der Waals surface area contributed by atoms with Gasteiger partial charge in [-0.1, -0.05) is 0 Å². The van der Waals surface area contributed by atoms with Gasteiger partial charge in [-0.25, -0.2) is 4.79 Å². The van der Waals surface area contributed by atoms with Gasteiger partial charge in [-0.2, -0.15) is 0 Å². The number of hydrogen-bond acceptors (Lipinski definition) is 4. The van der Waals surface area contributed by atoms with Crippen LogP contribution in [-0.2, 0) is 18.9 Å². The fraction of sp³-hybridized carbons (Fsp3) is 0.750. The number of carbonyl (C=O) groups is 2. The van der Waals surface area contributed by atoms with Gasteiger partial charge in [0.15, 0.2) is 8.46 Å². The van der Waals surface area contributed by atoms with Crippen molar-refractivity contribution in [2.24, 2.45) is 0 Å². The highest BCUT2D eigenvalue weighted by Crippen LogP contribution is 2.26. The summed E-state index contributed by atoms with van der Waals surface area (Å²) in [5.41, 5.74) is 0. The summed E-state index contributed by atoms with van der Waals surface area (Å²) in [5.74, 6) is -1.84. The van der Waals surface area contributed by atoms with Crippen LogP contribution in [0.5, 0.6) is 0 Å². The van der Waals surface area contributed by atoms with Crippen molar-refractivity contribution < 1.29 is 24.0 Å².